The Morgan fingerprint density at radius 1 is 0.763 bits per heavy atom. The molecule has 4 heterocycles. The Labute approximate surface area is 341 Å². The number of carbonyl (C=O) groups is 4. The first-order chi connectivity index (χ1) is 28.1. The van der Waals surface area contributed by atoms with Gasteiger partial charge in [-0.15, -0.1) is 0 Å². The Morgan fingerprint density at radius 3 is 1.92 bits per heavy atom. The maximum atomic E-state index is 14.0. The number of aromatic nitrogens is 4. The summed E-state index contributed by atoms with van der Waals surface area (Å²) in [6, 6.07) is 14.1. The highest BCUT2D eigenvalue weighted by Gasteiger charge is 2.65. The Hall–Kier alpha value is -6.10. The second kappa shape index (κ2) is 13.7. The topological polar surface area (TPSA) is 186 Å². The van der Waals surface area contributed by atoms with Crippen LogP contribution in [0.3, 0.4) is 0 Å². The number of hydrogen-bond acceptors (Lipinski definition) is 7. The zero-order valence-electron chi connectivity index (χ0n) is 34.3. The molecule has 0 bridgehead atoms. The number of nitrogens with one attached hydrogen (secondary N) is 4. The van der Waals surface area contributed by atoms with Crippen molar-refractivity contribution in [1.82, 2.24) is 40.4 Å². The summed E-state index contributed by atoms with van der Waals surface area (Å²) in [4.78, 5) is 72.3. The monoisotopic (exact) mass is 798 g/mol. The van der Waals surface area contributed by atoms with Crippen molar-refractivity contribution in [3.8, 4) is 11.8 Å². The maximum Gasteiger partial charge on any atom is 0.407 e. The van der Waals surface area contributed by atoms with E-state index in [1.54, 1.807) is 0 Å². The molecular formula is C45H50N8O6. The maximum absolute atomic E-state index is 14.0. The van der Waals surface area contributed by atoms with Gasteiger partial charge in [-0.05, 0) is 90.1 Å². The number of nitrogens with zero attached hydrogens (tertiary/aromatic N) is 4. The number of hydrogen-bond donors (Lipinski definition) is 5. The summed E-state index contributed by atoms with van der Waals surface area (Å²) in [5.41, 5.74) is 4.97. The van der Waals surface area contributed by atoms with Gasteiger partial charge < -0.3 is 40.2 Å². The molecule has 4 unspecified atom stereocenters. The van der Waals surface area contributed by atoms with Crippen molar-refractivity contribution in [2.45, 2.75) is 103 Å². The van der Waals surface area contributed by atoms with Crippen LogP contribution >= 0.6 is 0 Å². The highest BCUT2D eigenvalue weighted by atomic mass is 16.5. The van der Waals surface area contributed by atoms with Gasteiger partial charge in [-0.3, -0.25) is 9.59 Å². The molecule has 306 valence electrons. The molecule has 8 atom stereocenters. The number of alkyl carbamates (subject to hydrolysis) is 1. The number of imidazole rings is 2. The number of fused-ring (bicyclic) bond motifs is 6. The van der Waals surface area contributed by atoms with E-state index in [1.165, 1.54) is 7.11 Å². The molecule has 4 amide bonds. The molecule has 2 aliphatic carbocycles. The van der Waals surface area contributed by atoms with E-state index < -0.39 is 24.3 Å². The van der Waals surface area contributed by atoms with Crippen LogP contribution in [0.25, 0.3) is 32.8 Å². The normalized spacial score (nSPS) is 26.4. The van der Waals surface area contributed by atoms with E-state index >= 15 is 0 Å². The van der Waals surface area contributed by atoms with Gasteiger partial charge in [0.2, 0.25) is 11.8 Å². The summed E-state index contributed by atoms with van der Waals surface area (Å²) >= 11 is 0. The summed E-state index contributed by atoms with van der Waals surface area (Å²) in [6.07, 6.45) is 1.54. The molecule has 2 aromatic heterocycles. The predicted octanol–water partition coefficient (Wildman–Crippen LogP) is 6.77. The molecule has 2 saturated heterocycles. The van der Waals surface area contributed by atoms with E-state index in [4.69, 9.17) is 14.7 Å². The average Bonchev–Trinajstić information content (AvgIpc) is 3.68. The highest BCUT2D eigenvalue weighted by Crippen LogP contribution is 2.64. The average molecular weight is 799 g/mol. The van der Waals surface area contributed by atoms with Crippen molar-refractivity contribution in [2.24, 2.45) is 22.7 Å². The van der Waals surface area contributed by atoms with Crippen molar-refractivity contribution in [1.29, 1.82) is 0 Å². The van der Waals surface area contributed by atoms with Crippen LogP contribution in [-0.4, -0.2) is 90.1 Å². The number of benzene rings is 3. The van der Waals surface area contributed by atoms with Crippen LogP contribution in [0, 0.1) is 34.5 Å². The van der Waals surface area contributed by atoms with Gasteiger partial charge in [-0.1, -0.05) is 65.5 Å². The molecule has 4 fully saturated rings. The zero-order chi connectivity index (χ0) is 41.7. The highest BCUT2D eigenvalue weighted by molar-refractivity contribution is 6.04. The van der Waals surface area contributed by atoms with Crippen molar-refractivity contribution < 1.29 is 29.0 Å². The molecule has 0 spiro atoms. The molecule has 59 heavy (non-hydrogen) atoms. The van der Waals surface area contributed by atoms with E-state index in [2.05, 4.69) is 58.4 Å². The van der Waals surface area contributed by atoms with Crippen molar-refractivity contribution in [3.05, 3.63) is 71.3 Å². The van der Waals surface area contributed by atoms with Crippen LogP contribution in [-0.2, 0) is 14.3 Å². The largest absolute Gasteiger partial charge is 0.465 e. The lowest BCUT2D eigenvalue weighted by Crippen LogP contribution is -2.52. The number of rotatable bonds is 8. The first kappa shape index (κ1) is 38.4. The number of ether oxygens (including phenoxy) is 1. The molecule has 9 rings (SSSR count). The minimum Gasteiger partial charge on any atom is -0.465 e. The lowest BCUT2D eigenvalue weighted by molar-refractivity contribution is -0.137. The number of likely N-dealkylation sites (tertiary alicyclic amines) is 2. The summed E-state index contributed by atoms with van der Waals surface area (Å²) in [7, 11) is 1.30. The number of carboxylic acid groups (broad SMARTS) is 1. The first-order valence-corrected chi connectivity index (χ1v) is 20.5. The number of H-pyrrole nitrogens is 2. The lowest BCUT2D eigenvalue weighted by Gasteiger charge is -2.31. The molecule has 14 nitrogen and oxygen atoms in total. The van der Waals surface area contributed by atoms with Crippen molar-refractivity contribution >= 4 is 56.8 Å². The van der Waals surface area contributed by atoms with E-state index in [1.807, 2.05) is 73.9 Å². The van der Waals surface area contributed by atoms with Gasteiger partial charge in [0.05, 0.1) is 41.3 Å². The summed E-state index contributed by atoms with van der Waals surface area (Å²) in [5.74, 6) is 7.41. The summed E-state index contributed by atoms with van der Waals surface area (Å²) in [6.45, 7) is 11.9. The van der Waals surface area contributed by atoms with Crippen LogP contribution < -0.4 is 10.6 Å². The minimum absolute atomic E-state index is 0.00885. The predicted molar refractivity (Wildman–Crippen MR) is 221 cm³/mol. The van der Waals surface area contributed by atoms with Crippen molar-refractivity contribution in [3.63, 3.8) is 0 Å². The Kier molecular flexibility index (Phi) is 8.95. The quantitative estimate of drug-likeness (QED) is 0.107. The number of piperidine rings is 2. The standard InChI is InChI=1S/C45H50N8O6/c1-22(2)35(50-42(56)57)40(54)52-31(18-44(5)20-33(44)52)38-46-28-14-11-25(17-30(28)48-38)9-8-24-10-13-27-26(16-24)12-15-29-37(27)49-39(47-29)32-19-45(6)21-34(45)53(32)41(55)36(23(3)4)51-43(58)59-7/h10-17,22-23,31-36,50H,18-21H2,1-7H3,(H,46,48)(H,47,49)(H,51,58)(H,56,57)/t31-,32-,33?,34?,35?,36?,44-,45-/m0/s1. The van der Waals surface area contributed by atoms with Crippen LogP contribution in [0.4, 0.5) is 9.59 Å². The smallest absolute Gasteiger partial charge is 0.407 e. The van der Waals surface area contributed by atoms with Crippen LogP contribution in [0.2, 0.25) is 0 Å². The van der Waals surface area contributed by atoms with E-state index in [0.29, 0.717) is 5.82 Å². The Bertz CT molecular complexity index is 2640. The summed E-state index contributed by atoms with van der Waals surface area (Å²) in [5, 5.41) is 16.6. The van der Waals surface area contributed by atoms with Gasteiger partial charge in [0.15, 0.2) is 0 Å². The third kappa shape index (κ3) is 6.60. The third-order valence-corrected chi connectivity index (χ3v) is 13.4. The molecular weight excluding hydrogens is 749 g/mol. The zero-order valence-corrected chi connectivity index (χ0v) is 34.3. The molecule has 2 saturated carbocycles. The number of aromatic amines is 2. The van der Waals surface area contributed by atoms with Crippen LogP contribution in [0.5, 0.6) is 0 Å². The second-order valence-corrected chi connectivity index (χ2v) is 18.3. The Balaban J connectivity index is 0.952. The molecule has 0 radical (unpaired) electrons. The molecule has 4 aliphatic rings. The first-order valence-electron chi connectivity index (χ1n) is 20.5. The number of amides is 4. The second-order valence-electron chi connectivity index (χ2n) is 18.3. The van der Waals surface area contributed by atoms with E-state index in [-0.39, 0.29) is 58.6 Å². The molecule has 5 N–H and O–H groups in total. The van der Waals surface area contributed by atoms with Gasteiger partial charge >= 0.3 is 12.2 Å². The fourth-order valence-corrected chi connectivity index (χ4v) is 9.79. The van der Waals surface area contributed by atoms with Gasteiger partial charge in [0.25, 0.3) is 0 Å². The lowest BCUT2D eigenvalue weighted by atomic mass is 10.00. The molecule has 5 aromatic rings. The molecule has 2 aliphatic heterocycles. The number of carbonyl (C=O) groups excluding carboxylic acids is 3. The fraction of sp³-hybridized carbons (Fsp3) is 0.467. The fourth-order valence-electron chi connectivity index (χ4n) is 9.79. The third-order valence-electron chi connectivity index (χ3n) is 13.4. The van der Waals surface area contributed by atoms with Gasteiger partial charge in [0, 0.05) is 28.6 Å². The summed E-state index contributed by atoms with van der Waals surface area (Å²) < 4.78 is 4.83. The van der Waals surface area contributed by atoms with Crippen LogP contribution in [0.15, 0.2) is 48.5 Å². The SMILES string of the molecule is COC(=O)NC(C(=O)N1C2C[C@]2(C)C[C@H]1c1nc2c(ccc3cc(C#Cc4ccc5nc([C@@H]6C[C@@]7(C)CC7N6C(=O)C(NC(=O)O)C(C)C)[nH]c5c4)ccc32)[nH]1)C(C)C. The van der Waals surface area contributed by atoms with Gasteiger partial charge in [0.1, 0.15) is 23.7 Å². The molecule has 3 aromatic carbocycles. The van der Waals surface area contributed by atoms with E-state index in [9.17, 15) is 24.3 Å². The molecule has 14 heteroatoms. The minimum atomic E-state index is -1.21. The Morgan fingerprint density at radius 2 is 1.32 bits per heavy atom. The van der Waals surface area contributed by atoms with Crippen LogP contribution in [0.1, 0.15) is 102 Å². The van der Waals surface area contributed by atoms with E-state index in [0.717, 1.165) is 75.5 Å². The van der Waals surface area contributed by atoms with Crippen molar-refractivity contribution in [2.75, 3.05) is 7.11 Å². The van der Waals surface area contributed by atoms with Gasteiger partial charge in [-0.25, -0.2) is 19.6 Å². The number of methoxy groups -OCH3 is 1. The van der Waals surface area contributed by atoms with Gasteiger partial charge in [-0.2, -0.15) is 0 Å².